The summed E-state index contributed by atoms with van der Waals surface area (Å²) in [4.78, 5) is 0. The normalized spacial score (nSPS) is 27.1. The summed E-state index contributed by atoms with van der Waals surface area (Å²) in [5, 5.41) is 1.11. The smallest absolute Gasteiger partial charge is 0.400 e. The molecule has 0 radical (unpaired) electrons. The molecule has 0 N–H and O–H groups in total. The molecular weight excluding hydrogens is 321 g/mol. The zero-order valence-corrected chi connectivity index (χ0v) is 12.5. The van der Waals surface area contributed by atoms with Crippen molar-refractivity contribution in [1.82, 2.24) is 0 Å². The fraction of sp³-hybridized carbons (Fsp3) is 0.909. The third-order valence-electron chi connectivity index (χ3n) is 3.16. The highest BCUT2D eigenvalue weighted by Crippen LogP contribution is 2.33. The molecule has 1 unspecified atom stereocenters. The highest BCUT2D eigenvalue weighted by Gasteiger charge is 2.34. The van der Waals surface area contributed by atoms with E-state index >= 15 is 0 Å². The molecule has 0 aromatic carbocycles. The van der Waals surface area contributed by atoms with Gasteiger partial charge in [0, 0.05) is 5.75 Å². The molecule has 1 atom stereocenters. The highest BCUT2D eigenvalue weighted by molar-refractivity contribution is 8.13. The van der Waals surface area contributed by atoms with Crippen LogP contribution in [0.2, 0.25) is 0 Å². The molecule has 2 rings (SSSR count). The molecule has 1 aliphatic carbocycles. The van der Waals surface area contributed by atoms with Crippen molar-refractivity contribution in [1.29, 1.82) is 0 Å². The van der Waals surface area contributed by atoms with Crippen LogP contribution >= 0.6 is 11.8 Å². The zero-order valence-electron chi connectivity index (χ0n) is 9.54. The number of ether oxygens (including phenoxy) is 1. The minimum atomic E-state index is 0. The van der Waals surface area contributed by atoms with E-state index in [1.54, 1.807) is 0 Å². The third-order valence-corrected chi connectivity index (χ3v) is 4.37. The second kappa shape index (κ2) is 6.33. The van der Waals surface area contributed by atoms with Crippen LogP contribution in [-0.2, 0) is 4.74 Å². The van der Waals surface area contributed by atoms with Crippen molar-refractivity contribution in [2.75, 3.05) is 19.8 Å². The van der Waals surface area contributed by atoms with Crippen LogP contribution in [0.3, 0.4) is 0 Å². The van der Waals surface area contributed by atoms with E-state index in [2.05, 4.69) is 18.7 Å². The van der Waals surface area contributed by atoms with E-state index < -0.39 is 0 Å². The van der Waals surface area contributed by atoms with E-state index in [1.807, 2.05) is 11.8 Å². The third kappa shape index (κ3) is 3.51. The van der Waals surface area contributed by atoms with Crippen LogP contribution in [0, 0.1) is 5.92 Å². The molecule has 4 heteroatoms. The number of rotatable bonds is 1. The van der Waals surface area contributed by atoms with Gasteiger partial charge in [0.2, 0.25) is 0 Å². The number of hydrogen-bond donors (Lipinski definition) is 0. The molecule has 15 heavy (non-hydrogen) atoms. The molecule has 0 spiro atoms. The highest BCUT2D eigenvalue weighted by atomic mass is 127. The van der Waals surface area contributed by atoms with E-state index in [9.17, 15) is 0 Å². The molecule has 0 amide bonds. The number of hydrogen-bond acceptors (Lipinski definition) is 2. The molecule has 0 aromatic heterocycles. The first-order valence-electron chi connectivity index (χ1n) is 5.61. The van der Waals surface area contributed by atoms with Crippen molar-refractivity contribution in [2.24, 2.45) is 5.92 Å². The lowest BCUT2D eigenvalue weighted by molar-refractivity contribution is -0.471. The van der Waals surface area contributed by atoms with Gasteiger partial charge in [0.25, 0.3) is 0 Å². The minimum Gasteiger partial charge on any atom is -1.00 e. The van der Waals surface area contributed by atoms with Gasteiger partial charge in [-0.15, -0.1) is 0 Å². The van der Waals surface area contributed by atoms with Crippen molar-refractivity contribution >= 4 is 17.0 Å². The maximum absolute atomic E-state index is 5.97. The lowest BCUT2D eigenvalue weighted by Crippen LogP contribution is -3.00. The summed E-state index contributed by atoms with van der Waals surface area (Å²) in [6.45, 7) is 0. The van der Waals surface area contributed by atoms with Gasteiger partial charge in [-0.25, -0.2) is 0 Å². The molecule has 0 aromatic rings. The van der Waals surface area contributed by atoms with Crippen molar-refractivity contribution in [2.45, 2.75) is 38.2 Å². The predicted octanol–water partition coefficient (Wildman–Crippen LogP) is -0.669. The van der Waals surface area contributed by atoms with Gasteiger partial charge in [-0.05, 0) is 30.5 Å². The lowest BCUT2D eigenvalue weighted by atomic mass is 9.86. The minimum absolute atomic E-state index is 0. The maximum Gasteiger partial charge on any atom is 0.400 e. The molecule has 2 nitrogen and oxygen atoms in total. The summed E-state index contributed by atoms with van der Waals surface area (Å²) in [5.41, 5.74) is 0. The fourth-order valence-electron chi connectivity index (χ4n) is 2.32. The summed E-state index contributed by atoms with van der Waals surface area (Å²) in [6.07, 6.45) is 7.51. The Hall–Kier alpha value is 0.550. The van der Waals surface area contributed by atoms with Gasteiger partial charge in [0.1, 0.15) is 20.2 Å². The quantitative estimate of drug-likeness (QED) is 0.463. The Morgan fingerprint density at radius 2 is 1.87 bits per heavy atom. The van der Waals surface area contributed by atoms with E-state index in [4.69, 9.17) is 4.74 Å². The Bertz CT molecular complexity index is 235. The van der Waals surface area contributed by atoms with Gasteiger partial charge >= 0.3 is 5.23 Å². The van der Waals surface area contributed by atoms with E-state index in [0.29, 0.717) is 6.10 Å². The van der Waals surface area contributed by atoms with Crippen LogP contribution in [0.25, 0.3) is 0 Å². The molecule has 1 heterocycles. The van der Waals surface area contributed by atoms with Gasteiger partial charge in [0.15, 0.2) is 0 Å². The van der Waals surface area contributed by atoms with Crippen LogP contribution in [0.1, 0.15) is 32.1 Å². The Morgan fingerprint density at radius 3 is 2.40 bits per heavy atom. The fourth-order valence-corrected chi connectivity index (χ4v) is 3.42. The number of thioether (sulfide) groups is 1. The lowest BCUT2D eigenvalue weighted by Gasteiger charge is -2.25. The van der Waals surface area contributed by atoms with Crippen molar-refractivity contribution < 1.29 is 33.3 Å². The Kier molecular flexibility index (Phi) is 5.74. The first-order chi connectivity index (χ1) is 6.77. The predicted molar refractivity (Wildman–Crippen MR) is 61.0 cm³/mol. The molecule has 1 aliphatic heterocycles. The zero-order chi connectivity index (χ0) is 9.97. The summed E-state index contributed by atoms with van der Waals surface area (Å²) >= 11 is 1.87. The standard InChI is InChI=1S/C11H20NOS.HI/c1-12(2)11-13-10(8-14-11)9-6-4-3-5-7-9;/h9-10H,3-8H2,1-2H3;1H/q+1;/p-1. The first-order valence-corrected chi connectivity index (χ1v) is 6.59. The second-order valence-corrected chi connectivity index (χ2v) is 5.50. The summed E-state index contributed by atoms with van der Waals surface area (Å²) in [5.74, 6) is 1.99. The van der Waals surface area contributed by atoms with Gasteiger partial charge in [-0.1, -0.05) is 19.3 Å². The van der Waals surface area contributed by atoms with Gasteiger partial charge in [0.05, 0.1) is 0 Å². The molecule has 2 aliphatic rings. The molecule has 1 saturated heterocycles. The van der Waals surface area contributed by atoms with Gasteiger partial charge in [-0.2, -0.15) is 4.58 Å². The van der Waals surface area contributed by atoms with Crippen molar-refractivity contribution in [3.05, 3.63) is 0 Å². The van der Waals surface area contributed by atoms with Crippen LogP contribution < -0.4 is 24.0 Å². The first kappa shape index (κ1) is 13.6. The van der Waals surface area contributed by atoms with Crippen LogP contribution in [0.5, 0.6) is 0 Å². The molecule has 2 fully saturated rings. The summed E-state index contributed by atoms with van der Waals surface area (Å²) in [6, 6.07) is 0. The van der Waals surface area contributed by atoms with E-state index in [-0.39, 0.29) is 24.0 Å². The average Bonchev–Trinajstić information content (AvgIpc) is 2.68. The average molecular weight is 341 g/mol. The van der Waals surface area contributed by atoms with Crippen LogP contribution in [0.4, 0.5) is 0 Å². The maximum atomic E-state index is 5.97. The summed E-state index contributed by atoms with van der Waals surface area (Å²) < 4.78 is 8.06. The van der Waals surface area contributed by atoms with Crippen LogP contribution in [-0.4, -0.2) is 35.8 Å². The second-order valence-electron chi connectivity index (χ2n) is 4.53. The van der Waals surface area contributed by atoms with Gasteiger partial charge in [-0.3, -0.25) is 0 Å². The largest absolute Gasteiger partial charge is 1.00 e. The number of halogens is 1. The van der Waals surface area contributed by atoms with Crippen molar-refractivity contribution in [3.63, 3.8) is 0 Å². The Morgan fingerprint density at radius 1 is 1.20 bits per heavy atom. The van der Waals surface area contributed by atoms with E-state index in [1.165, 1.54) is 32.1 Å². The van der Waals surface area contributed by atoms with E-state index in [0.717, 1.165) is 16.9 Å². The topological polar surface area (TPSA) is 12.2 Å². The monoisotopic (exact) mass is 341 g/mol. The molecule has 88 valence electrons. The number of nitrogens with zero attached hydrogens (tertiary/aromatic N) is 1. The SMILES string of the molecule is C[N+](C)=C1OC(C2CCCCC2)CS1.[I-]. The Labute approximate surface area is 114 Å². The molecular formula is C11H20INOS. The summed E-state index contributed by atoms with van der Waals surface area (Å²) in [7, 11) is 4.12. The van der Waals surface area contributed by atoms with Gasteiger partial charge < -0.3 is 28.7 Å². The van der Waals surface area contributed by atoms with Crippen molar-refractivity contribution in [3.8, 4) is 0 Å². The molecule has 0 bridgehead atoms. The van der Waals surface area contributed by atoms with Crippen LogP contribution in [0.15, 0.2) is 0 Å². The molecule has 1 saturated carbocycles. The Balaban J connectivity index is 0.00000112.